The van der Waals surface area contributed by atoms with Gasteiger partial charge in [-0.1, -0.05) is 5.16 Å². The molecule has 8 nitrogen and oxygen atoms in total. The number of nitrogens with zero attached hydrogens (tertiary/aromatic N) is 1. The first-order valence-corrected chi connectivity index (χ1v) is 5.27. The predicted molar refractivity (Wildman–Crippen MR) is 62.0 cm³/mol. The number of nitrogens with one attached hydrogen (secondary N) is 1. The van der Waals surface area contributed by atoms with Crippen LogP contribution in [0.2, 0.25) is 0 Å². The van der Waals surface area contributed by atoms with E-state index in [1.165, 1.54) is 7.11 Å². The molecule has 0 aliphatic rings. The van der Waals surface area contributed by atoms with E-state index in [9.17, 15) is 9.59 Å². The van der Waals surface area contributed by atoms with E-state index in [1.54, 1.807) is 13.8 Å². The van der Waals surface area contributed by atoms with Crippen LogP contribution in [0.3, 0.4) is 0 Å². The van der Waals surface area contributed by atoms with Gasteiger partial charge in [0.05, 0.1) is 7.11 Å². The van der Waals surface area contributed by atoms with E-state index >= 15 is 0 Å². The first-order valence-electron chi connectivity index (χ1n) is 5.27. The number of carbonyl (C=O) groups excluding carboxylic acids is 2. The molecule has 18 heavy (non-hydrogen) atoms. The van der Waals surface area contributed by atoms with E-state index in [0.29, 0.717) is 6.61 Å². The molecule has 8 heteroatoms. The van der Waals surface area contributed by atoms with Crippen LogP contribution in [-0.4, -0.2) is 36.9 Å². The number of hydrogen-bond acceptors (Lipinski definition) is 7. The van der Waals surface area contributed by atoms with Crippen molar-refractivity contribution in [2.24, 2.45) is 0 Å². The molecule has 1 heterocycles. The average Bonchev–Trinajstić information content (AvgIpc) is 2.70. The van der Waals surface area contributed by atoms with Gasteiger partial charge in [0, 0.05) is 6.61 Å². The highest BCUT2D eigenvalue weighted by molar-refractivity contribution is 6.03. The molecule has 1 unspecified atom stereocenters. The molecule has 1 aromatic heterocycles. The Morgan fingerprint density at radius 2 is 2.22 bits per heavy atom. The lowest BCUT2D eigenvalue weighted by Crippen LogP contribution is -2.28. The van der Waals surface area contributed by atoms with Gasteiger partial charge in [-0.3, -0.25) is 4.79 Å². The lowest BCUT2D eigenvalue weighted by molar-refractivity contribution is -0.126. The topological polar surface area (TPSA) is 117 Å². The summed E-state index contributed by atoms with van der Waals surface area (Å²) in [5.41, 5.74) is 5.26. The minimum atomic E-state index is -0.755. The zero-order valence-electron chi connectivity index (χ0n) is 10.4. The third-order valence-electron chi connectivity index (χ3n) is 2.13. The number of esters is 1. The van der Waals surface area contributed by atoms with Gasteiger partial charge in [0.2, 0.25) is 11.6 Å². The molecule has 0 fully saturated rings. The van der Waals surface area contributed by atoms with Gasteiger partial charge in [-0.05, 0) is 13.8 Å². The Bertz CT molecular complexity index is 443. The quantitative estimate of drug-likeness (QED) is 0.733. The Labute approximate surface area is 103 Å². The first-order chi connectivity index (χ1) is 8.51. The molecule has 0 saturated carbocycles. The first kappa shape index (κ1) is 14.0. The summed E-state index contributed by atoms with van der Waals surface area (Å²) in [5.74, 6) is -1.39. The van der Waals surface area contributed by atoms with Gasteiger partial charge >= 0.3 is 5.97 Å². The molecule has 0 radical (unpaired) electrons. The summed E-state index contributed by atoms with van der Waals surface area (Å²) in [6.07, 6.45) is -0.685. The van der Waals surface area contributed by atoms with Crippen LogP contribution in [0.25, 0.3) is 0 Å². The molecule has 1 rings (SSSR count). The normalized spacial score (nSPS) is 11.9. The van der Waals surface area contributed by atoms with Gasteiger partial charge in [-0.15, -0.1) is 0 Å². The number of amides is 1. The fourth-order valence-corrected chi connectivity index (χ4v) is 1.21. The number of aromatic nitrogens is 1. The number of hydrogen-bond donors (Lipinski definition) is 2. The van der Waals surface area contributed by atoms with Crippen LogP contribution in [0, 0.1) is 0 Å². The van der Waals surface area contributed by atoms with Crippen molar-refractivity contribution in [2.45, 2.75) is 20.0 Å². The summed E-state index contributed by atoms with van der Waals surface area (Å²) in [5, 5.41) is 5.83. The van der Waals surface area contributed by atoms with E-state index in [2.05, 4.69) is 19.7 Å². The molecule has 0 aliphatic heterocycles. The maximum absolute atomic E-state index is 11.7. The molecule has 1 atom stereocenters. The lowest BCUT2D eigenvalue weighted by Gasteiger charge is -2.11. The second-order valence-electron chi connectivity index (χ2n) is 3.35. The molecule has 1 amide bonds. The molecule has 3 N–H and O–H groups in total. The van der Waals surface area contributed by atoms with Gasteiger partial charge in [0.1, 0.15) is 11.8 Å². The average molecular weight is 257 g/mol. The number of anilines is 2. The van der Waals surface area contributed by atoms with Gasteiger partial charge in [-0.2, -0.15) is 0 Å². The van der Waals surface area contributed by atoms with Crippen molar-refractivity contribution in [1.29, 1.82) is 0 Å². The smallest absolute Gasteiger partial charge is 0.362 e. The number of methoxy groups -OCH3 is 1. The maximum Gasteiger partial charge on any atom is 0.362 e. The summed E-state index contributed by atoms with van der Waals surface area (Å²) in [7, 11) is 1.18. The van der Waals surface area contributed by atoms with Crippen LogP contribution in [0.1, 0.15) is 24.3 Å². The number of carbonyl (C=O) groups is 2. The van der Waals surface area contributed by atoms with Crippen molar-refractivity contribution >= 4 is 23.4 Å². The molecule has 0 bridgehead atoms. The van der Waals surface area contributed by atoms with E-state index in [4.69, 9.17) is 10.5 Å². The van der Waals surface area contributed by atoms with Gasteiger partial charge < -0.3 is 25.0 Å². The largest absolute Gasteiger partial charge is 0.464 e. The Kier molecular flexibility index (Phi) is 4.67. The highest BCUT2D eigenvalue weighted by atomic mass is 16.5. The Morgan fingerprint density at radius 1 is 1.56 bits per heavy atom. The standard InChI is InChI=1S/C10H15N3O5/c1-4-17-5(2)9(14)12-6-7(10(15)16-3)13-18-8(6)11/h5H,4,11H2,1-3H3,(H,12,14). The molecule has 0 aromatic carbocycles. The number of nitrogen functional groups attached to an aromatic ring is 1. The molecular weight excluding hydrogens is 242 g/mol. The second kappa shape index (κ2) is 6.01. The van der Waals surface area contributed by atoms with Crippen LogP contribution in [-0.2, 0) is 14.3 Å². The summed E-state index contributed by atoms with van der Waals surface area (Å²) < 4.78 is 14.2. The van der Waals surface area contributed by atoms with Crippen LogP contribution >= 0.6 is 0 Å². The summed E-state index contributed by atoms with van der Waals surface area (Å²) >= 11 is 0. The summed E-state index contributed by atoms with van der Waals surface area (Å²) in [6.45, 7) is 3.72. The predicted octanol–water partition coefficient (Wildman–Crippen LogP) is 0.407. The highest BCUT2D eigenvalue weighted by Crippen LogP contribution is 2.23. The van der Waals surface area contributed by atoms with Crippen LogP contribution in [0.15, 0.2) is 4.52 Å². The van der Waals surface area contributed by atoms with Crippen molar-refractivity contribution in [3.05, 3.63) is 5.69 Å². The zero-order valence-corrected chi connectivity index (χ0v) is 10.4. The second-order valence-corrected chi connectivity index (χ2v) is 3.35. The zero-order chi connectivity index (χ0) is 13.7. The van der Waals surface area contributed by atoms with Crippen molar-refractivity contribution in [2.75, 3.05) is 24.8 Å². The van der Waals surface area contributed by atoms with E-state index in [-0.39, 0.29) is 17.3 Å². The fraction of sp³-hybridized carbons (Fsp3) is 0.500. The van der Waals surface area contributed by atoms with Crippen LogP contribution in [0.4, 0.5) is 11.6 Å². The Hall–Kier alpha value is -2.09. The highest BCUT2D eigenvalue weighted by Gasteiger charge is 2.24. The van der Waals surface area contributed by atoms with Crippen LogP contribution in [0.5, 0.6) is 0 Å². The molecular formula is C10H15N3O5. The molecule has 0 aliphatic carbocycles. The van der Waals surface area contributed by atoms with Crippen molar-refractivity contribution < 1.29 is 23.6 Å². The number of rotatable bonds is 5. The van der Waals surface area contributed by atoms with Crippen molar-refractivity contribution in [1.82, 2.24) is 5.16 Å². The lowest BCUT2D eigenvalue weighted by atomic mass is 10.3. The van der Waals surface area contributed by atoms with Crippen molar-refractivity contribution in [3.63, 3.8) is 0 Å². The van der Waals surface area contributed by atoms with Gasteiger partial charge in [0.25, 0.3) is 5.91 Å². The molecule has 0 spiro atoms. The van der Waals surface area contributed by atoms with Gasteiger partial charge in [-0.25, -0.2) is 4.79 Å². The van der Waals surface area contributed by atoms with Crippen LogP contribution < -0.4 is 11.1 Å². The minimum Gasteiger partial charge on any atom is -0.464 e. The number of nitrogens with two attached hydrogens (primary N) is 1. The summed E-state index contributed by atoms with van der Waals surface area (Å²) in [6, 6.07) is 0. The molecule has 100 valence electrons. The molecule has 0 saturated heterocycles. The number of ether oxygens (including phenoxy) is 2. The van der Waals surface area contributed by atoms with E-state index < -0.39 is 18.0 Å². The fourth-order valence-electron chi connectivity index (χ4n) is 1.21. The minimum absolute atomic E-state index is 0.0154. The SMILES string of the molecule is CCOC(C)C(=O)Nc1c(C(=O)OC)noc1N. The summed E-state index contributed by atoms with van der Waals surface area (Å²) in [4.78, 5) is 23.0. The van der Waals surface area contributed by atoms with Gasteiger partial charge in [0.15, 0.2) is 0 Å². The Balaban J connectivity index is 2.87. The third kappa shape index (κ3) is 2.98. The monoisotopic (exact) mass is 257 g/mol. The maximum atomic E-state index is 11.7. The Morgan fingerprint density at radius 3 is 2.78 bits per heavy atom. The van der Waals surface area contributed by atoms with Crippen molar-refractivity contribution in [3.8, 4) is 0 Å². The van der Waals surface area contributed by atoms with E-state index in [0.717, 1.165) is 0 Å². The van der Waals surface area contributed by atoms with E-state index in [1.807, 2.05) is 0 Å². The molecule has 1 aromatic rings. The third-order valence-corrected chi connectivity index (χ3v) is 2.13.